The molecular formula is C14H7IN2O4. The normalized spacial score (nSPS) is 9.71. The highest BCUT2D eigenvalue weighted by molar-refractivity contribution is 14.1. The molecule has 0 heterocycles. The monoisotopic (exact) mass is 394 g/mol. The molecule has 7 heteroatoms. The van der Waals surface area contributed by atoms with E-state index in [4.69, 9.17) is 10.00 Å². The molecule has 0 aliphatic heterocycles. The van der Waals surface area contributed by atoms with Crippen LogP contribution in [0.5, 0.6) is 11.5 Å². The van der Waals surface area contributed by atoms with Crippen molar-refractivity contribution in [3.63, 3.8) is 0 Å². The van der Waals surface area contributed by atoms with Gasteiger partial charge in [-0.1, -0.05) is 12.1 Å². The molecule has 21 heavy (non-hydrogen) atoms. The van der Waals surface area contributed by atoms with E-state index in [1.54, 1.807) is 24.3 Å². The zero-order chi connectivity index (χ0) is 15.4. The lowest BCUT2D eigenvalue weighted by molar-refractivity contribution is -0.385. The SMILES string of the molecule is N#Cc1cc(I)c(Oc2ccccc2C=O)c([N+](=O)[O-])c1. The standard InChI is InChI=1S/C14H7IN2O4/c15-11-5-9(7-16)6-12(17(19)20)14(11)21-13-4-2-1-3-10(13)8-18/h1-6,8H. The number of hydrogen-bond donors (Lipinski definition) is 0. The number of carbonyl (C=O) groups excluding carboxylic acids is 1. The summed E-state index contributed by atoms with van der Waals surface area (Å²) < 4.78 is 5.95. The van der Waals surface area contributed by atoms with E-state index in [0.717, 1.165) is 6.07 Å². The van der Waals surface area contributed by atoms with E-state index in [0.29, 0.717) is 9.86 Å². The summed E-state index contributed by atoms with van der Waals surface area (Å²) in [5.41, 5.74) is 0.133. The molecule has 2 aromatic rings. The Morgan fingerprint density at radius 1 is 1.33 bits per heavy atom. The van der Waals surface area contributed by atoms with Crippen LogP contribution in [0.15, 0.2) is 36.4 Å². The Morgan fingerprint density at radius 2 is 2.05 bits per heavy atom. The predicted octanol–water partition coefficient (Wildman–Crippen LogP) is 3.68. The molecular weight excluding hydrogens is 387 g/mol. The van der Waals surface area contributed by atoms with Crippen LogP contribution < -0.4 is 4.74 Å². The molecule has 104 valence electrons. The summed E-state index contributed by atoms with van der Waals surface area (Å²) in [5.74, 6) is 0.229. The van der Waals surface area contributed by atoms with Gasteiger partial charge in [0, 0.05) is 6.07 Å². The highest BCUT2D eigenvalue weighted by atomic mass is 127. The number of aldehydes is 1. The molecule has 0 amide bonds. The summed E-state index contributed by atoms with van der Waals surface area (Å²) in [7, 11) is 0. The van der Waals surface area contributed by atoms with Gasteiger partial charge in [-0.05, 0) is 40.8 Å². The number of nitriles is 1. The van der Waals surface area contributed by atoms with Crippen molar-refractivity contribution in [2.24, 2.45) is 0 Å². The fourth-order valence-electron chi connectivity index (χ4n) is 1.66. The van der Waals surface area contributed by atoms with Gasteiger partial charge in [0.25, 0.3) is 0 Å². The average Bonchev–Trinajstić information content (AvgIpc) is 2.49. The van der Waals surface area contributed by atoms with Gasteiger partial charge in [0.15, 0.2) is 6.29 Å². The zero-order valence-electron chi connectivity index (χ0n) is 10.4. The summed E-state index contributed by atoms with van der Waals surface area (Å²) in [6.45, 7) is 0. The third kappa shape index (κ3) is 3.17. The number of nitro groups is 1. The molecule has 6 nitrogen and oxygen atoms in total. The topological polar surface area (TPSA) is 93.2 Å². The summed E-state index contributed by atoms with van der Waals surface area (Å²) in [4.78, 5) is 21.5. The van der Waals surface area contributed by atoms with E-state index in [1.165, 1.54) is 6.07 Å². The van der Waals surface area contributed by atoms with E-state index >= 15 is 0 Å². The smallest absolute Gasteiger partial charge is 0.314 e. The number of carbonyl (C=O) groups is 1. The largest absolute Gasteiger partial charge is 0.448 e. The van der Waals surface area contributed by atoms with Gasteiger partial charge in [-0.15, -0.1) is 0 Å². The van der Waals surface area contributed by atoms with Crippen molar-refractivity contribution >= 4 is 34.6 Å². The van der Waals surface area contributed by atoms with E-state index in [2.05, 4.69) is 0 Å². The average molecular weight is 394 g/mol. The van der Waals surface area contributed by atoms with E-state index in [1.807, 2.05) is 28.7 Å². The van der Waals surface area contributed by atoms with Crippen LogP contribution in [0.2, 0.25) is 0 Å². The van der Waals surface area contributed by atoms with Gasteiger partial charge in [-0.25, -0.2) is 0 Å². The minimum Gasteiger partial charge on any atom is -0.448 e. The van der Waals surface area contributed by atoms with Crippen molar-refractivity contribution < 1.29 is 14.5 Å². The molecule has 0 radical (unpaired) electrons. The highest BCUT2D eigenvalue weighted by Gasteiger charge is 2.21. The lowest BCUT2D eigenvalue weighted by Gasteiger charge is -2.10. The van der Waals surface area contributed by atoms with Gasteiger partial charge in [0.2, 0.25) is 5.75 Å². The first kappa shape index (κ1) is 14.9. The summed E-state index contributed by atoms with van der Waals surface area (Å²) >= 11 is 1.85. The molecule has 2 aromatic carbocycles. The van der Waals surface area contributed by atoms with Crippen molar-refractivity contribution in [3.8, 4) is 17.6 Å². The minimum atomic E-state index is -0.623. The lowest BCUT2D eigenvalue weighted by atomic mass is 10.2. The van der Waals surface area contributed by atoms with Crippen molar-refractivity contribution in [1.82, 2.24) is 0 Å². The lowest BCUT2D eigenvalue weighted by Crippen LogP contribution is -1.98. The molecule has 0 saturated heterocycles. The molecule has 0 aliphatic rings. The van der Waals surface area contributed by atoms with Crippen LogP contribution in [0.1, 0.15) is 15.9 Å². The zero-order valence-corrected chi connectivity index (χ0v) is 12.6. The quantitative estimate of drug-likeness (QED) is 0.341. The fraction of sp³-hybridized carbons (Fsp3) is 0. The molecule has 0 spiro atoms. The molecule has 0 aliphatic carbocycles. The van der Waals surface area contributed by atoms with Crippen molar-refractivity contribution in [1.29, 1.82) is 5.26 Å². The second kappa shape index (κ2) is 6.32. The van der Waals surface area contributed by atoms with E-state index in [9.17, 15) is 14.9 Å². The molecule has 0 saturated carbocycles. The van der Waals surface area contributed by atoms with Crippen LogP contribution in [0, 0.1) is 25.0 Å². The predicted molar refractivity (Wildman–Crippen MR) is 82.4 cm³/mol. The molecule has 2 rings (SSSR count). The van der Waals surface area contributed by atoms with Crippen LogP contribution in [0.3, 0.4) is 0 Å². The Bertz CT molecular complexity index is 768. The maximum absolute atomic E-state index is 11.1. The van der Waals surface area contributed by atoms with Crippen LogP contribution in [0.4, 0.5) is 5.69 Å². The molecule has 0 aromatic heterocycles. The maximum atomic E-state index is 11.1. The number of nitrogens with zero attached hydrogens (tertiary/aromatic N) is 2. The highest BCUT2D eigenvalue weighted by Crippen LogP contribution is 2.37. The van der Waals surface area contributed by atoms with Crippen molar-refractivity contribution in [2.75, 3.05) is 0 Å². The Hall–Kier alpha value is -2.47. The van der Waals surface area contributed by atoms with Gasteiger partial charge in [-0.2, -0.15) is 5.26 Å². The summed E-state index contributed by atoms with van der Waals surface area (Å²) in [5, 5.41) is 20.0. The number of ether oxygens (including phenoxy) is 1. The Morgan fingerprint density at radius 3 is 2.67 bits per heavy atom. The molecule has 0 N–H and O–H groups in total. The number of halogens is 1. The molecule has 0 unspecified atom stereocenters. The molecule has 0 fully saturated rings. The van der Waals surface area contributed by atoms with Gasteiger partial charge in [-0.3, -0.25) is 14.9 Å². The van der Waals surface area contributed by atoms with E-state index < -0.39 is 4.92 Å². The maximum Gasteiger partial charge on any atom is 0.314 e. The third-order valence-electron chi connectivity index (χ3n) is 2.61. The van der Waals surface area contributed by atoms with Crippen LogP contribution in [-0.2, 0) is 0 Å². The summed E-state index contributed by atoms with van der Waals surface area (Å²) in [6.07, 6.45) is 0.609. The van der Waals surface area contributed by atoms with Gasteiger partial charge in [0.05, 0.1) is 25.7 Å². The Labute approximate surface area is 133 Å². The van der Waals surface area contributed by atoms with Gasteiger partial charge in [0.1, 0.15) is 5.75 Å². The molecule has 0 atom stereocenters. The third-order valence-corrected chi connectivity index (χ3v) is 3.41. The first-order valence-electron chi connectivity index (χ1n) is 5.67. The van der Waals surface area contributed by atoms with Crippen molar-refractivity contribution in [2.45, 2.75) is 0 Å². The van der Waals surface area contributed by atoms with Crippen LogP contribution in [-0.4, -0.2) is 11.2 Å². The fourth-order valence-corrected chi connectivity index (χ4v) is 2.38. The Kier molecular flexibility index (Phi) is 4.49. The van der Waals surface area contributed by atoms with Crippen molar-refractivity contribution in [3.05, 3.63) is 61.2 Å². The second-order valence-electron chi connectivity index (χ2n) is 3.93. The van der Waals surface area contributed by atoms with Crippen LogP contribution in [0.25, 0.3) is 0 Å². The first-order valence-corrected chi connectivity index (χ1v) is 6.74. The number of rotatable bonds is 4. The Balaban J connectivity index is 2.56. The summed E-state index contributed by atoms with van der Waals surface area (Å²) in [6, 6.07) is 10.9. The van der Waals surface area contributed by atoms with Gasteiger partial charge < -0.3 is 4.74 Å². The number of benzene rings is 2. The van der Waals surface area contributed by atoms with E-state index in [-0.39, 0.29) is 28.3 Å². The second-order valence-corrected chi connectivity index (χ2v) is 5.10. The number of para-hydroxylation sites is 1. The first-order chi connectivity index (χ1) is 10.1. The minimum absolute atomic E-state index is 0.00824. The molecule has 0 bridgehead atoms. The van der Waals surface area contributed by atoms with Gasteiger partial charge >= 0.3 is 5.69 Å². The van der Waals surface area contributed by atoms with Crippen LogP contribution >= 0.6 is 22.6 Å². The number of nitro benzene ring substituents is 1. The number of hydrogen-bond acceptors (Lipinski definition) is 5.